The molecular formula is C29H30FN3O2. The van der Waals surface area contributed by atoms with Crippen molar-refractivity contribution in [2.24, 2.45) is 0 Å². The van der Waals surface area contributed by atoms with Crippen LogP contribution in [0.15, 0.2) is 85.1 Å². The highest BCUT2D eigenvalue weighted by molar-refractivity contribution is 5.96. The number of halogens is 1. The first-order valence-corrected chi connectivity index (χ1v) is 11.9. The van der Waals surface area contributed by atoms with E-state index in [4.69, 9.17) is 0 Å². The predicted octanol–water partition coefficient (Wildman–Crippen LogP) is 5.43. The summed E-state index contributed by atoms with van der Waals surface area (Å²) in [6.07, 6.45) is 2.67. The summed E-state index contributed by atoms with van der Waals surface area (Å²) in [4.78, 5) is 33.3. The number of hydrogen-bond donors (Lipinski definition) is 1. The Kier molecular flexibility index (Phi) is 7.60. The van der Waals surface area contributed by atoms with Gasteiger partial charge in [0.15, 0.2) is 0 Å². The second kappa shape index (κ2) is 11.0. The minimum Gasteiger partial charge on any atom is -0.361 e. The van der Waals surface area contributed by atoms with Crippen LogP contribution in [0.5, 0.6) is 0 Å². The number of amides is 2. The highest BCUT2D eigenvalue weighted by Crippen LogP contribution is 2.19. The molecule has 4 aromatic rings. The van der Waals surface area contributed by atoms with Crippen molar-refractivity contribution in [2.75, 3.05) is 13.1 Å². The molecule has 0 atom stereocenters. The smallest absolute Gasteiger partial charge is 0.254 e. The lowest BCUT2D eigenvalue weighted by atomic mass is 10.1. The van der Waals surface area contributed by atoms with E-state index < -0.39 is 5.82 Å². The second-order valence-corrected chi connectivity index (χ2v) is 8.95. The minimum absolute atomic E-state index is 0.0757. The van der Waals surface area contributed by atoms with E-state index >= 15 is 0 Å². The number of carbonyl (C=O) groups excluding carboxylic acids is 2. The summed E-state index contributed by atoms with van der Waals surface area (Å²) in [7, 11) is 0. The van der Waals surface area contributed by atoms with Gasteiger partial charge in [0.25, 0.3) is 5.91 Å². The molecule has 35 heavy (non-hydrogen) atoms. The van der Waals surface area contributed by atoms with Crippen LogP contribution in [0.25, 0.3) is 10.9 Å². The number of para-hydroxylation sites is 1. The highest BCUT2D eigenvalue weighted by atomic mass is 19.1. The molecule has 0 bridgehead atoms. The fourth-order valence-corrected chi connectivity index (χ4v) is 4.21. The lowest BCUT2D eigenvalue weighted by molar-refractivity contribution is -0.132. The number of hydrogen-bond acceptors (Lipinski definition) is 2. The SMILES string of the molecule is CC(C)N(CC(=O)N(CCc1c[nH]c2ccccc12)Cc1ccccc1)C(=O)c1cccc(F)c1. The van der Waals surface area contributed by atoms with Crippen LogP contribution in [0.2, 0.25) is 0 Å². The summed E-state index contributed by atoms with van der Waals surface area (Å²) in [6.45, 7) is 4.60. The van der Waals surface area contributed by atoms with Gasteiger partial charge in [-0.2, -0.15) is 0 Å². The van der Waals surface area contributed by atoms with Gasteiger partial charge in [0.1, 0.15) is 12.4 Å². The summed E-state index contributed by atoms with van der Waals surface area (Å²) < 4.78 is 13.7. The Morgan fingerprint density at radius 1 is 0.943 bits per heavy atom. The van der Waals surface area contributed by atoms with Crippen molar-refractivity contribution >= 4 is 22.7 Å². The number of nitrogens with one attached hydrogen (secondary N) is 1. The molecule has 0 spiro atoms. The first-order chi connectivity index (χ1) is 16.9. The van der Waals surface area contributed by atoms with Crippen LogP contribution < -0.4 is 0 Å². The number of benzene rings is 3. The summed E-state index contributed by atoms with van der Waals surface area (Å²) in [5, 5.41) is 1.14. The molecule has 0 unspecified atom stereocenters. The number of H-pyrrole nitrogens is 1. The van der Waals surface area contributed by atoms with E-state index in [0.29, 0.717) is 19.5 Å². The minimum atomic E-state index is -0.477. The third-order valence-electron chi connectivity index (χ3n) is 6.16. The molecule has 0 aliphatic rings. The number of aromatic amines is 1. The number of carbonyl (C=O) groups is 2. The van der Waals surface area contributed by atoms with Crippen molar-refractivity contribution in [3.05, 3.63) is 108 Å². The third kappa shape index (κ3) is 5.96. The van der Waals surface area contributed by atoms with Crippen molar-refractivity contribution in [1.82, 2.24) is 14.8 Å². The average molecular weight is 472 g/mol. The molecule has 5 nitrogen and oxygen atoms in total. The number of rotatable bonds is 9. The van der Waals surface area contributed by atoms with E-state index in [1.54, 1.807) is 11.0 Å². The van der Waals surface area contributed by atoms with Crippen LogP contribution in [-0.4, -0.2) is 45.7 Å². The Hall–Kier alpha value is -3.93. The Balaban J connectivity index is 1.54. The zero-order chi connectivity index (χ0) is 24.8. The van der Waals surface area contributed by atoms with Gasteiger partial charge in [0.2, 0.25) is 5.91 Å². The molecule has 6 heteroatoms. The van der Waals surface area contributed by atoms with Crippen LogP contribution in [-0.2, 0) is 17.8 Å². The van der Waals surface area contributed by atoms with Crippen LogP contribution in [0, 0.1) is 5.82 Å². The molecule has 0 aliphatic heterocycles. The fourth-order valence-electron chi connectivity index (χ4n) is 4.21. The Morgan fingerprint density at radius 3 is 2.43 bits per heavy atom. The summed E-state index contributed by atoms with van der Waals surface area (Å²) in [6, 6.07) is 23.3. The Labute approximate surface area is 205 Å². The van der Waals surface area contributed by atoms with Gasteiger partial charge in [-0.3, -0.25) is 9.59 Å². The first-order valence-electron chi connectivity index (χ1n) is 11.9. The molecule has 0 aliphatic carbocycles. The molecular weight excluding hydrogens is 441 g/mol. The monoisotopic (exact) mass is 471 g/mol. The third-order valence-corrected chi connectivity index (χ3v) is 6.16. The maximum atomic E-state index is 13.7. The molecule has 1 N–H and O–H groups in total. The van der Waals surface area contributed by atoms with Crippen LogP contribution in [0.1, 0.15) is 35.3 Å². The Morgan fingerprint density at radius 2 is 1.69 bits per heavy atom. The van der Waals surface area contributed by atoms with Crippen molar-refractivity contribution < 1.29 is 14.0 Å². The van der Waals surface area contributed by atoms with E-state index in [-0.39, 0.29) is 30.0 Å². The molecule has 4 rings (SSSR count). The van der Waals surface area contributed by atoms with Gasteiger partial charge in [-0.25, -0.2) is 4.39 Å². The van der Waals surface area contributed by atoms with Gasteiger partial charge in [-0.05, 0) is 55.7 Å². The quantitative estimate of drug-likeness (QED) is 0.354. The van der Waals surface area contributed by atoms with Crippen molar-refractivity contribution in [3.63, 3.8) is 0 Å². The van der Waals surface area contributed by atoms with E-state index in [9.17, 15) is 14.0 Å². The maximum Gasteiger partial charge on any atom is 0.254 e. The summed E-state index contributed by atoms with van der Waals surface area (Å²) >= 11 is 0. The van der Waals surface area contributed by atoms with Gasteiger partial charge >= 0.3 is 0 Å². The normalized spacial score (nSPS) is 11.1. The van der Waals surface area contributed by atoms with E-state index in [2.05, 4.69) is 11.1 Å². The number of aromatic nitrogens is 1. The lowest BCUT2D eigenvalue weighted by Gasteiger charge is -2.30. The highest BCUT2D eigenvalue weighted by Gasteiger charge is 2.25. The van der Waals surface area contributed by atoms with Crippen molar-refractivity contribution in [2.45, 2.75) is 32.9 Å². The van der Waals surface area contributed by atoms with E-state index in [0.717, 1.165) is 22.0 Å². The van der Waals surface area contributed by atoms with Crippen molar-refractivity contribution in [1.29, 1.82) is 0 Å². The molecule has 0 saturated heterocycles. The van der Waals surface area contributed by atoms with Gasteiger partial charge in [0, 0.05) is 41.8 Å². The fraction of sp³-hybridized carbons (Fsp3) is 0.241. The zero-order valence-corrected chi connectivity index (χ0v) is 20.1. The van der Waals surface area contributed by atoms with Crippen molar-refractivity contribution in [3.8, 4) is 0 Å². The lowest BCUT2D eigenvalue weighted by Crippen LogP contribution is -2.46. The van der Waals surface area contributed by atoms with Crippen LogP contribution in [0.4, 0.5) is 4.39 Å². The summed E-state index contributed by atoms with van der Waals surface area (Å²) in [5.41, 5.74) is 3.46. The largest absolute Gasteiger partial charge is 0.361 e. The molecule has 1 heterocycles. The molecule has 0 saturated carbocycles. The summed E-state index contributed by atoms with van der Waals surface area (Å²) in [5.74, 6) is -0.980. The molecule has 2 amide bonds. The van der Waals surface area contributed by atoms with E-state index in [1.165, 1.54) is 23.1 Å². The standard InChI is InChI=1S/C29H30FN3O2/c1-21(2)33(29(35)23-11-8-12-25(30)17-23)20-28(34)32(19-22-9-4-3-5-10-22)16-15-24-18-31-27-14-7-6-13-26(24)27/h3-14,17-18,21,31H,15-16,19-20H2,1-2H3. The second-order valence-electron chi connectivity index (χ2n) is 8.95. The first kappa shape index (κ1) is 24.2. The molecule has 0 fully saturated rings. The van der Waals surface area contributed by atoms with Crippen LogP contribution in [0.3, 0.4) is 0 Å². The van der Waals surface area contributed by atoms with Gasteiger partial charge < -0.3 is 14.8 Å². The maximum absolute atomic E-state index is 13.7. The number of fused-ring (bicyclic) bond motifs is 1. The molecule has 3 aromatic carbocycles. The topological polar surface area (TPSA) is 56.4 Å². The number of nitrogens with zero attached hydrogens (tertiary/aromatic N) is 2. The van der Waals surface area contributed by atoms with Gasteiger partial charge in [-0.15, -0.1) is 0 Å². The zero-order valence-electron chi connectivity index (χ0n) is 20.1. The van der Waals surface area contributed by atoms with Crippen LogP contribution >= 0.6 is 0 Å². The van der Waals surface area contributed by atoms with Gasteiger partial charge in [-0.1, -0.05) is 54.6 Å². The van der Waals surface area contributed by atoms with Gasteiger partial charge in [0.05, 0.1) is 0 Å². The van der Waals surface area contributed by atoms with E-state index in [1.807, 2.05) is 68.6 Å². The average Bonchev–Trinajstić information content (AvgIpc) is 3.28. The molecule has 0 radical (unpaired) electrons. The molecule has 1 aromatic heterocycles. The Bertz CT molecular complexity index is 1300. The molecule has 180 valence electrons. The predicted molar refractivity (Wildman–Crippen MR) is 136 cm³/mol.